The minimum Gasteiger partial charge on any atom is -0.309 e. The molecule has 0 unspecified atom stereocenters. The fourth-order valence-corrected chi connectivity index (χ4v) is 4.86. The summed E-state index contributed by atoms with van der Waals surface area (Å²) in [5.41, 5.74) is 10.1. The van der Waals surface area contributed by atoms with Gasteiger partial charge in [-0.3, -0.25) is 0 Å². The summed E-state index contributed by atoms with van der Waals surface area (Å²) in [5, 5.41) is 2.62. The number of rotatable bonds is 4. The zero-order chi connectivity index (χ0) is 22.2. The fourth-order valence-electron chi connectivity index (χ4n) is 4.86. The number of benzene rings is 5. The van der Waals surface area contributed by atoms with E-state index in [2.05, 4.69) is 133 Å². The number of fused-ring (bicyclic) bond motifs is 3. The molecule has 1 nitrogen and oxygen atoms in total. The van der Waals surface area contributed by atoms with E-state index >= 15 is 0 Å². The summed E-state index contributed by atoms with van der Waals surface area (Å²) in [6, 6.07) is 43.9. The van der Waals surface area contributed by atoms with Crippen molar-refractivity contribution in [2.24, 2.45) is 0 Å². The van der Waals surface area contributed by atoms with E-state index in [-0.39, 0.29) is 0 Å². The van der Waals surface area contributed by atoms with Gasteiger partial charge in [0.1, 0.15) is 0 Å². The molecule has 0 N–H and O–H groups in total. The van der Waals surface area contributed by atoms with Gasteiger partial charge in [-0.2, -0.15) is 0 Å². The lowest BCUT2D eigenvalue weighted by molar-refractivity contribution is 1.17. The maximum absolute atomic E-state index is 2.41. The van der Waals surface area contributed by atoms with Crippen molar-refractivity contribution in [3.05, 3.63) is 138 Å². The van der Waals surface area contributed by atoms with Crippen LogP contribution in [0, 0.1) is 6.92 Å². The topological polar surface area (TPSA) is 4.93 Å². The van der Waals surface area contributed by atoms with E-state index in [1.807, 2.05) is 0 Å². The maximum Gasteiger partial charge on any atom is 0.0541 e. The minimum absolute atomic E-state index is 0.943. The Morgan fingerprint density at radius 3 is 1.97 bits per heavy atom. The van der Waals surface area contributed by atoms with Crippen LogP contribution in [0.2, 0.25) is 0 Å². The van der Waals surface area contributed by atoms with Crippen LogP contribution in [0.3, 0.4) is 0 Å². The number of aryl methyl sites for hydroxylation is 1. The molecule has 6 rings (SSSR count). The van der Waals surface area contributed by atoms with Gasteiger partial charge in [-0.15, -0.1) is 0 Å². The van der Waals surface area contributed by atoms with E-state index < -0.39 is 0 Å². The summed E-state index contributed by atoms with van der Waals surface area (Å²) in [4.78, 5) is 0. The first-order valence-corrected chi connectivity index (χ1v) is 11.5. The third kappa shape index (κ3) is 3.62. The largest absolute Gasteiger partial charge is 0.309 e. The van der Waals surface area contributed by atoms with Crippen molar-refractivity contribution in [2.45, 2.75) is 13.3 Å². The van der Waals surface area contributed by atoms with Crippen LogP contribution < -0.4 is 0 Å². The lowest BCUT2D eigenvalue weighted by Gasteiger charge is -2.11. The monoisotopic (exact) mass is 423 g/mol. The van der Waals surface area contributed by atoms with Crippen LogP contribution in [-0.4, -0.2) is 4.57 Å². The number of hydrogen-bond acceptors (Lipinski definition) is 0. The molecule has 6 aromatic rings. The summed E-state index contributed by atoms with van der Waals surface area (Å²) in [5.74, 6) is 0. The number of aromatic nitrogens is 1. The minimum atomic E-state index is 0.943. The molecule has 0 aliphatic heterocycles. The normalized spacial score (nSPS) is 11.3. The summed E-state index contributed by atoms with van der Waals surface area (Å²) >= 11 is 0. The maximum atomic E-state index is 2.41. The van der Waals surface area contributed by atoms with Gasteiger partial charge in [-0.1, -0.05) is 90.5 Å². The van der Waals surface area contributed by atoms with E-state index in [0.717, 1.165) is 6.42 Å². The van der Waals surface area contributed by atoms with Crippen LogP contribution in [0.1, 0.15) is 16.7 Å². The first-order valence-electron chi connectivity index (χ1n) is 11.5. The predicted octanol–water partition coefficient (Wildman–Crippen LogP) is 8.35. The average Bonchev–Trinajstić information content (AvgIpc) is 3.18. The molecule has 0 saturated carbocycles. The van der Waals surface area contributed by atoms with Crippen molar-refractivity contribution in [3.8, 4) is 16.8 Å². The number of nitrogens with zero attached hydrogens (tertiary/aromatic N) is 1. The highest BCUT2D eigenvalue weighted by atomic mass is 15.0. The molecule has 0 atom stereocenters. The molecule has 158 valence electrons. The Kier molecular flexibility index (Phi) is 4.81. The van der Waals surface area contributed by atoms with Gasteiger partial charge in [-0.25, -0.2) is 0 Å². The highest BCUT2D eigenvalue weighted by molar-refractivity contribution is 6.09. The summed E-state index contributed by atoms with van der Waals surface area (Å²) < 4.78 is 2.41. The lowest BCUT2D eigenvalue weighted by atomic mass is 10.0. The smallest absolute Gasteiger partial charge is 0.0541 e. The molecule has 0 spiro atoms. The van der Waals surface area contributed by atoms with Crippen LogP contribution in [0.15, 0.2) is 121 Å². The van der Waals surface area contributed by atoms with Gasteiger partial charge in [0.25, 0.3) is 0 Å². The molecule has 0 bridgehead atoms. The Morgan fingerprint density at radius 2 is 1.18 bits per heavy atom. The highest BCUT2D eigenvalue weighted by Gasteiger charge is 2.14. The molecule has 33 heavy (non-hydrogen) atoms. The van der Waals surface area contributed by atoms with Gasteiger partial charge in [-0.05, 0) is 72.0 Å². The zero-order valence-corrected chi connectivity index (χ0v) is 18.7. The van der Waals surface area contributed by atoms with Gasteiger partial charge in [0.05, 0.1) is 11.0 Å². The highest BCUT2D eigenvalue weighted by Crippen LogP contribution is 2.34. The quantitative estimate of drug-likeness (QED) is 0.268. The summed E-state index contributed by atoms with van der Waals surface area (Å²) in [6.45, 7) is 2.17. The van der Waals surface area contributed by atoms with Crippen LogP contribution in [0.4, 0.5) is 0 Å². The third-order valence-electron chi connectivity index (χ3n) is 6.45. The van der Waals surface area contributed by atoms with E-state index in [9.17, 15) is 0 Å². The van der Waals surface area contributed by atoms with Gasteiger partial charge >= 0.3 is 0 Å². The predicted molar refractivity (Wildman–Crippen MR) is 140 cm³/mol. The van der Waals surface area contributed by atoms with Crippen LogP contribution in [-0.2, 0) is 6.42 Å². The Labute approximate surface area is 194 Å². The molecular weight excluding hydrogens is 398 g/mol. The van der Waals surface area contributed by atoms with E-state index in [0.29, 0.717) is 0 Å². The Morgan fingerprint density at radius 1 is 0.515 bits per heavy atom. The second-order valence-electron chi connectivity index (χ2n) is 8.79. The average molecular weight is 424 g/mol. The summed E-state index contributed by atoms with van der Waals surface area (Å²) in [6.07, 6.45) is 0.943. The van der Waals surface area contributed by atoms with Gasteiger partial charge in [0, 0.05) is 16.5 Å². The molecule has 0 saturated heterocycles. The van der Waals surface area contributed by atoms with Crippen molar-refractivity contribution >= 4 is 21.8 Å². The first-order chi connectivity index (χ1) is 16.3. The van der Waals surface area contributed by atoms with Crippen molar-refractivity contribution in [1.29, 1.82) is 0 Å². The Bertz CT molecular complexity index is 1570. The van der Waals surface area contributed by atoms with Crippen molar-refractivity contribution in [2.75, 3.05) is 0 Å². The van der Waals surface area contributed by atoms with E-state index in [4.69, 9.17) is 0 Å². The summed E-state index contributed by atoms with van der Waals surface area (Å²) in [7, 11) is 0. The molecule has 0 aliphatic rings. The first kappa shape index (κ1) is 19.6. The molecular formula is C32H25N. The fraction of sp³-hybridized carbons (Fsp3) is 0.0625. The Balaban J connectivity index is 1.55. The molecule has 0 amide bonds. The molecule has 5 aromatic carbocycles. The van der Waals surface area contributed by atoms with Crippen LogP contribution in [0.25, 0.3) is 38.6 Å². The van der Waals surface area contributed by atoms with Crippen molar-refractivity contribution in [3.63, 3.8) is 0 Å². The van der Waals surface area contributed by atoms with Gasteiger partial charge in [0.15, 0.2) is 0 Å². The van der Waals surface area contributed by atoms with Crippen LogP contribution in [0.5, 0.6) is 0 Å². The van der Waals surface area contributed by atoms with Gasteiger partial charge in [0.2, 0.25) is 0 Å². The van der Waals surface area contributed by atoms with Crippen molar-refractivity contribution in [1.82, 2.24) is 4.57 Å². The van der Waals surface area contributed by atoms with Crippen LogP contribution >= 0.6 is 0 Å². The van der Waals surface area contributed by atoms with E-state index in [1.54, 1.807) is 0 Å². The molecule has 0 fully saturated rings. The van der Waals surface area contributed by atoms with Gasteiger partial charge < -0.3 is 4.57 Å². The van der Waals surface area contributed by atoms with E-state index in [1.165, 1.54) is 55.3 Å². The molecule has 0 radical (unpaired) electrons. The second kappa shape index (κ2) is 8.11. The third-order valence-corrected chi connectivity index (χ3v) is 6.45. The second-order valence-corrected chi connectivity index (χ2v) is 8.79. The molecule has 1 aromatic heterocycles. The molecule has 1 heteroatoms. The standard InChI is InChI=1S/C32H25N/c1-23-15-17-31-29(19-23)30-21-25(20-24-9-4-2-5-10-24)16-18-32(30)33(31)28-14-8-13-27(22-28)26-11-6-3-7-12-26/h2-19,21-22H,20H2,1H3. The zero-order valence-electron chi connectivity index (χ0n) is 18.7. The molecule has 0 aliphatic carbocycles. The number of hydrogen-bond donors (Lipinski definition) is 0. The lowest BCUT2D eigenvalue weighted by Crippen LogP contribution is -1.95. The molecule has 1 heterocycles. The SMILES string of the molecule is Cc1ccc2c(c1)c1cc(Cc3ccccc3)ccc1n2-c1cccc(-c2ccccc2)c1. The van der Waals surface area contributed by atoms with Crippen molar-refractivity contribution < 1.29 is 0 Å². The Hall–Kier alpha value is -4.10.